The highest BCUT2D eigenvalue weighted by Gasteiger charge is 2.20. The molecule has 5 nitrogen and oxygen atoms in total. The van der Waals surface area contributed by atoms with Crippen LogP contribution in [0.5, 0.6) is 0 Å². The Morgan fingerprint density at radius 3 is 2.40 bits per heavy atom. The second-order valence-corrected chi connectivity index (χ2v) is 7.91. The number of hydrogen-bond acceptors (Lipinski definition) is 4. The SMILES string of the molecule is O=c1c(Cl)c(N2CCCN(Cc3ccc(F)cc3)CC2)cnn1Cc1ccccc1. The molecule has 156 valence electrons. The highest BCUT2D eigenvalue weighted by molar-refractivity contribution is 6.33. The fraction of sp³-hybridized carbons (Fsp3) is 0.304. The van der Waals surface area contributed by atoms with Crippen molar-refractivity contribution in [3.8, 4) is 0 Å². The zero-order valence-electron chi connectivity index (χ0n) is 16.7. The lowest BCUT2D eigenvalue weighted by molar-refractivity contribution is 0.285. The van der Waals surface area contributed by atoms with Crippen LogP contribution in [0.2, 0.25) is 5.02 Å². The zero-order chi connectivity index (χ0) is 20.9. The van der Waals surface area contributed by atoms with Crippen molar-refractivity contribution < 1.29 is 4.39 Å². The lowest BCUT2D eigenvalue weighted by Gasteiger charge is -2.24. The van der Waals surface area contributed by atoms with Gasteiger partial charge in [0.05, 0.1) is 18.4 Å². The summed E-state index contributed by atoms with van der Waals surface area (Å²) in [6.45, 7) is 4.50. The van der Waals surface area contributed by atoms with Crippen LogP contribution in [0, 0.1) is 5.82 Å². The smallest absolute Gasteiger partial charge is 0.287 e. The van der Waals surface area contributed by atoms with Crippen molar-refractivity contribution in [2.45, 2.75) is 19.5 Å². The predicted molar refractivity (Wildman–Crippen MR) is 118 cm³/mol. The summed E-state index contributed by atoms with van der Waals surface area (Å²) in [5, 5.41) is 4.58. The van der Waals surface area contributed by atoms with Crippen molar-refractivity contribution >= 4 is 17.3 Å². The van der Waals surface area contributed by atoms with Gasteiger partial charge in [0.15, 0.2) is 0 Å². The van der Waals surface area contributed by atoms with Crippen molar-refractivity contribution in [1.29, 1.82) is 0 Å². The van der Waals surface area contributed by atoms with Crippen LogP contribution in [0.4, 0.5) is 10.1 Å². The van der Waals surface area contributed by atoms with Crippen LogP contribution < -0.4 is 10.5 Å². The van der Waals surface area contributed by atoms with E-state index in [-0.39, 0.29) is 16.4 Å². The summed E-state index contributed by atoms with van der Waals surface area (Å²) < 4.78 is 14.5. The molecule has 3 aromatic rings. The number of rotatable bonds is 5. The van der Waals surface area contributed by atoms with Gasteiger partial charge in [-0.05, 0) is 29.7 Å². The molecule has 7 heteroatoms. The molecular formula is C23H24ClFN4O. The van der Waals surface area contributed by atoms with E-state index in [0.717, 1.165) is 50.3 Å². The molecule has 1 aliphatic rings. The van der Waals surface area contributed by atoms with E-state index in [1.54, 1.807) is 6.20 Å². The number of aromatic nitrogens is 2. The molecule has 4 rings (SSSR count). The van der Waals surface area contributed by atoms with Gasteiger partial charge in [-0.3, -0.25) is 9.69 Å². The minimum absolute atomic E-state index is 0.216. The summed E-state index contributed by atoms with van der Waals surface area (Å²) >= 11 is 6.47. The summed E-state index contributed by atoms with van der Waals surface area (Å²) in [6, 6.07) is 16.4. The van der Waals surface area contributed by atoms with Gasteiger partial charge in [-0.1, -0.05) is 54.1 Å². The van der Waals surface area contributed by atoms with E-state index in [9.17, 15) is 9.18 Å². The summed E-state index contributed by atoms with van der Waals surface area (Å²) in [5.41, 5.74) is 2.51. The molecule has 2 heterocycles. The van der Waals surface area contributed by atoms with E-state index in [1.165, 1.54) is 16.8 Å². The van der Waals surface area contributed by atoms with Crippen molar-refractivity contribution in [1.82, 2.24) is 14.7 Å². The Labute approximate surface area is 180 Å². The number of hydrogen-bond donors (Lipinski definition) is 0. The van der Waals surface area contributed by atoms with Crippen LogP contribution in [-0.2, 0) is 13.1 Å². The molecule has 30 heavy (non-hydrogen) atoms. The summed E-state index contributed by atoms with van der Waals surface area (Å²) in [6.07, 6.45) is 2.65. The van der Waals surface area contributed by atoms with Gasteiger partial charge in [0, 0.05) is 32.7 Å². The Hall–Kier alpha value is -2.70. The fourth-order valence-corrected chi connectivity index (χ4v) is 4.03. The van der Waals surface area contributed by atoms with Crippen LogP contribution in [-0.4, -0.2) is 40.9 Å². The highest BCUT2D eigenvalue weighted by atomic mass is 35.5. The van der Waals surface area contributed by atoms with E-state index in [2.05, 4.69) is 14.9 Å². The maximum Gasteiger partial charge on any atom is 0.287 e. The molecule has 0 aliphatic carbocycles. The van der Waals surface area contributed by atoms with Crippen molar-refractivity contribution in [2.75, 3.05) is 31.1 Å². The Morgan fingerprint density at radius 2 is 1.63 bits per heavy atom. The second-order valence-electron chi connectivity index (χ2n) is 7.54. The first-order valence-electron chi connectivity index (χ1n) is 10.1. The number of nitrogens with zero attached hydrogens (tertiary/aromatic N) is 4. The zero-order valence-corrected chi connectivity index (χ0v) is 17.4. The lowest BCUT2D eigenvalue weighted by Crippen LogP contribution is -2.33. The molecule has 2 aromatic carbocycles. The fourth-order valence-electron chi connectivity index (χ4n) is 3.76. The van der Waals surface area contributed by atoms with Gasteiger partial charge < -0.3 is 4.90 Å². The Morgan fingerprint density at radius 1 is 0.900 bits per heavy atom. The third-order valence-electron chi connectivity index (χ3n) is 5.39. The molecule has 0 N–H and O–H groups in total. The predicted octanol–water partition coefficient (Wildman–Crippen LogP) is 3.80. The Bertz CT molecular complexity index is 1040. The maximum atomic E-state index is 13.1. The van der Waals surface area contributed by atoms with Crippen LogP contribution in [0.1, 0.15) is 17.5 Å². The van der Waals surface area contributed by atoms with Crippen LogP contribution in [0.15, 0.2) is 65.6 Å². The molecule has 1 aliphatic heterocycles. The second kappa shape index (κ2) is 9.41. The van der Waals surface area contributed by atoms with Crippen molar-refractivity contribution in [2.24, 2.45) is 0 Å². The van der Waals surface area contributed by atoms with E-state index in [1.807, 2.05) is 42.5 Å². The van der Waals surface area contributed by atoms with Crippen molar-refractivity contribution in [3.63, 3.8) is 0 Å². The normalized spacial score (nSPS) is 15.2. The first kappa shape index (κ1) is 20.6. The summed E-state index contributed by atoms with van der Waals surface area (Å²) in [7, 11) is 0. The summed E-state index contributed by atoms with van der Waals surface area (Å²) in [5.74, 6) is -0.218. The van der Waals surface area contributed by atoms with Gasteiger partial charge in [-0.25, -0.2) is 9.07 Å². The molecule has 1 fully saturated rings. The molecule has 0 unspecified atom stereocenters. The number of halogens is 2. The molecule has 0 amide bonds. The first-order chi connectivity index (χ1) is 14.6. The minimum atomic E-state index is -0.273. The van der Waals surface area contributed by atoms with Gasteiger partial charge >= 0.3 is 0 Å². The van der Waals surface area contributed by atoms with E-state index < -0.39 is 0 Å². The molecule has 0 radical (unpaired) electrons. The monoisotopic (exact) mass is 426 g/mol. The van der Waals surface area contributed by atoms with Crippen LogP contribution in [0.3, 0.4) is 0 Å². The standard InChI is InChI=1S/C23H24ClFN4O/c24-22-21(15-26-29(23(22)30)17-18-5-2-1-3-6-18)28-12-4-11-27(13-14-28)16-19-7-9-20(25)10-8-19/h1-3,5-10,15H,4,11-14,16-17H2. The topological polar surface area (TPSA) is 41.4 Å². The Kier molecular flexibility index (Phi) is 6.45. The van der Waals surface area contributed by atoms with Gasteiger partial charge in [0.2, 0.25) is 0 Å². The minimum Gasteiger partial charge on any atom is -0.368 e. The molecule has 1 saturated heterocycles. The first-order valence-corrected chi connectivity index (χ1v) is 10.5. The molecule has 0 bridgehead atoms. The highest BCUT2D eigenvalue weighted by Crippen LogP contribution is 2.23. The quantitative estimate of drug-likeness (QED) is 0.622. The molecule has 1 aromatic heterocycles. The average molecular weight is 427 g/mol. The Balaban J connectivity index is 1.44. The lowest BCUT2D eigenvalue weighted by atomic mass is 10.2. The largest absolute Gasteiger partial charge is 0.368 e. The average Bonchev–Trinajstić information content (AvgIpc) is 2.99. The number of benzene rings is 2. The molecule has 0 saturated carbocycles. The third kappa shape index (κ3) is 4.89. The molecular weight excluding hydrogens is 403 g/mol. The van der Waals surface area contributed by atoms with E-state index in [4.69, 9.17) is 11.6 Å². The van der Waals surface area contributed by atoms with Gasteiger partial charge in [0.1, 0.15) is 10.8 Å². The molecule has 0 atom stereocenters. The maximum absolute atomic E-state index is 13.1. The van der Waals surface area contributed by atoms with Crippen LogP contribution in [0.25, 0.3) is 0 Å². The number of anilines is 1. The third-order valence-corrected chi connectivity index (χ3v) is 5.75. The van der Waals surface area contributed by atoms with E-state index >= 15 is 0 Å². The van der Waals surface area contributed by atoms with Crippen molar-refractivity contribution in [3.05, 3.63) is 93.1 Å². The van der Waals surface area contributed by atoms with Gasteiger partial charge in [-0.2, -0.15) is 5.10 Å². The summed E-state index contributed by atoms with van der Waals surface area (Å²) in [4.78, 5) is 17.2. The molecule has 0 spiro atoms. The van der Waals surface area contributed by atoms with Gasteiger partial charge in [0.25, 0.3) is 5.56 Å². The van der Waals surface area contributed by atoms with E-state index in [0.29, 0.717) is 12.2 Å². The van der Waals surface area contributed by atoms with Crippen LogP contribution >= 0.6 is 11.6 Å². The van der Waals surface area contributed by atoms with Gasteiger partial charge in [-0.15, -0.1) is 0 Å².